The van der Waals surface area contributed by atoms with E-state index in [4.69, 9.17) is 0 Å². The summed E-state index contributed by atoms with van der Waals surface area (Å²) in [5, 5.41) is 10.0. The van der Waals surface area contributed by atoms with E-state index in [9.17, 15) is 5.11 Å². The Bertz CT molecular complexity index is 362. The summed E-state index contributed by atoms with van der Waals surface area (Å²) in [6.45, 7) is 12.8. The third-order valence-corrected chi connectivity index (χ3v) is 3.17. The van der Waals surface area contributed by atoms with Crippen molar-refractivity contribution in [2.45, 2.75) is 53.4 Å². The van der Waals surface area contributed by atoms with E-state index in [1.165, 1.54) is 16.7 Å². The Balaban J connectivity index is 3.44. The summed E-state index contributed by atoms with van der Waals surface area (Å²) in [4.78, 5) is 0. The van der Waals surface area contributed by atoms with Gasteiger partial charge in [-0.3, -0.25) is 0 Å². The molecule has 0 unspecified atom stereocenters. The van der Waals surface area contributed by atoms with Crippen LogP contribution in [0.15, 0.2) is 6.07 Å². The Morgan fingerprint density at radius 3 is 1.87 bits per heavy atom. The van der Waals surface area contributed by atoms with Gasteiger partial charge in [-0.05, 0) is 54.0 Å². The van der Waals surface area contributed by atoms with Gasteiger partial charge in [-0.2, -0.15) is 0 Å². The molecule has 0 fully saturated rings. The van der Waals surface area contributed by atoms with Crippen molar-refractivity contribution in [3.05, 3.63) is 28.3 Å². The second kappa shape index (κ2) is 4.26. The lowest BCUT2D eigenvalue weighted by Gasteiger charge is -2.19. The van der Waals surface area contributed by atoms with Gasteiger partial charge < -0.3 is 5.11 Å². The van der Waals surface area contributed by atoms with Crippen molar-refractivity contribution < 1.29 is 5.11 Å². The first-order valence-corrected chi connectivity index (χ1v) is 5.69. The molecule has 0 aromatic heterocycles. The molecule has 0 aliphatic heterocycles. The first kappa shape index (κ1) is 12.1. The highest BCUT2D eigenvalue weighted by molar-refractivity contribution is 5.50. The molecule has 1 heteroatoms. The average Bonchev–Trinajstić information content (AvgIpc) is 2.10. The zero-order chi connectivity index (χ0) is 11.7. The van der Waals surface area contributed by atoms with Crippen LogP contribution in [-0.4, -0.2) is 5.11 Å². The molecular weight excluding hydrogens is 184 g/mol. The van der Waals surface area contributed by atoms with Crippen molar-refractivity contribution in [2.75, 3.05) is 0 Å². The molecule has 0 atom stereocenters. The number of hydrogen-bond donors (Lipinski definition) is 1. The van der Waals surface area contributed by atoms with Crippen LogP contribution in [0.2, 0.25) is 0 Å². The van der Waals surface area contributed by atoms with Crippen molar-refractivity contribution in [1.82, 2.24) is 0 Å². The lowest BCUT2D eigenvalue weighted by molar-refractivity contribution is 0.462. The minimum Gasteiger partial charge on any atom is -0.508 e. The van der Waals surface area contributed by atoms with Crippen LogP contribution in [0, 0.1) is 13.8 Å². The van der Waals surface area contributed by atoms with E-state index in [2.05, 4.69) is 41.5 Å². The van der Waals surface area contributed by atoms with Gasteiger partial charge in [-0.15, -0.1) is 0 Å². The number of hydrogen-bond acceptors (Lipinski definition) is 1. The molecule has 0 spiro atoms. The highest BCUT2D eigenvalue weighted by Crippen LogP contribution is 2.35. The van der Waals surface area contributed by atoms with Gasteiger partial charge in [0, 0.05) is 0 Å². The first-order valence-electron chi connectivity index (χ1n) is 5.69. The van der Waals surface area contributed by atoms with E-state index in [1.807, 2.05) is 6.07 Å². The Labute approximate surface area is 93.1 Å². The second-order valence-electron chi connectivity index (χ2n) is 4.96. The minimum atomic E-state index is 0.380. The van der Waals surface area contributed by atoms with Gasteiger partial charge in [0.2, 0.25) is 0 Å². The van der Waals surface area contributed by atoms with Crippen molar-refractivity contribution in [3.63, 3.8) is 0 Å². The van der Waals surface area contributed by atoms with Crippen molar-refractivity contribution in [3.8, 4) is 5.75 Å². The Hall–Kier alpha value is -0.980. The smallest absolute Gasteiger partial charge is 0.119 e. The molecular formula is C14H22O. The molecule has 0 radical (unpaired) electrons. The molecule has 0 aliphatic rings. The number of aromatic hydroxyl groups is 1. The van der Waals surface area contributed by atoms with Crippen LogP contribution in [-0.2, 0) is 0 Å². The maximum absolute atomic E-state index is 10.0. The normalized spacial score (nSPS) is 11.5. The monoisotopic (exact) mass is 206 g/mol. The van der Waals surface area contributed by atoms with Gasteiger partial charge in [-0.1, -0.05) is 27.7 Å². The van der Waals surface area contributed by atoms with E-state index in [-0.39, 0.29) is 0 Å². The molecule has 0 aliphatic carbocycles. The summed E-state index contributed by atoms with van der Waals surface area (Å²) in [7, 11) is 0. The lowest BCUT2D eigenvalue weighted by atomic mass is 9.87. The van der Waals surface area contributed by atoms with Crippen LogP contribution in [0.3, 0.4) is 0 Å². The molecule has 1 nitrogen and oxygen atoms in total. The SMILES string of the molecule is Cc1c(C(C)C)cc(O)c(C(C)C)c1C. The molecule has 1 aromatic rings. The number of phenolic OH excluding ortho intramolecular Hbond substituents is 1. The fourth-order valence-corrected chi connectivity index (χ4v) is 2.27. The molecule has 0 bridgehead atoms. The van der Waals surface area contributed by atoms with Gasteiger partial charge in [-0.25, -0.2) is 0 Å². The Morgan fingerprint density at radius 1 is 0.933 bits per heavy atom. The largest absolute Gasteiger partial charge is 0.508 e. The summed E-state index contributed by atoms with van der Waals surface area (Å²) in [6, 6.07) is 1.93. The van der Waals surface area contributed by atoms with Gasteiger partial charge in [0.25, 0.3) is 0 Å². The molecule has 1 N–H and O–H groups in total. The van der Waals surface area contributed by atoms with Crippen LogP contribution >= 0.6 is 0 Å². The molecule has 0 saturated carbocycles. The van der Waals surface area contributed by atoms with Crippen LogP contribution in [0.4, 0.5) is 0 Å². The van der Waals surface area contributed by atoms with Crippen LogP contribution in [0.5, 0.6) is 5.75 Å². The standard InChI is InChI=1S/C14H22O/c1-8(2)12-7-13(15)14(9(3)4)11(6)10(12)5/h7-9,15H,1-6H3. The minimum absolute atomic E-state index is 0.380. The molecule has 84 valence electrons. The molecule has 0 saturated heterocycles. The zero-order valence-electron chi connectivity index (χ0n) is 10.7. The highest BCUT2D eigenvalue weighted by atomic mass is 16.3. The molecule has 0 heterocycles. The third-order valence-electron chi connectivity index (χ3n) is 3.17. The van der Waals surface area contributed by atoms with Crippen molar-refractivity contribution in [2.24, 2.45) is 0 Å². The fourth-order valence-electron chi connectivity index (χ4n) is 2.27. The summed E-state index contributed by atoms with van der Waals surface area (Å²) in [5.74, 6) is 1.30. The highest BCUT2D eigenvalue weighted by Gasteiger charge is 2.15. The van der Waals surface area contributed by atoms with Gasteiger partial charge in [0.05, 0.1) is 0 Å². The first-order chi connectivity index (χ1) is 6.86. The van der Waals surface area contributed by atoms with E-state index < -0.39 is 0 Å². The fraction of sp³-hybridized carbons (Fsp3) is 0.571. The maximum atomic E-state index is 10.0. The van der Waals surface area contributed by atoms with Crippen molar-refractivity contribution >= 4 is 0 Å². The summed E-state index contributed by atoms with van der Waals surface area (Å²) < 4.78 is 0. The van der Waals surface area contributed by atoms with E-state index in [1.54, 1.807) is 0 Å². The quantitative estimate of drug-likeness (QED) is 0.766. The molecule has 0 amide bonds. The Morgan fingerprint density at radius 2 is 1.47 bits per heavy atom. The van der Waals surface area contributed by atoms with Gasteiger partial charge in [0.15, 0.2) is 0 Å². The third kappa shape index (κ3) is 2.17. The summed E-state index contributed by atoms with van der Waals surface area (Å²) >= 11 is 0. The topological polar surface area (TPSA) is 20.2 Å². The number of benzene rings is 1. The number of rotatable bonds is 2. The Kier molecular flexibility index (Phi) is 3.43. The van der Waals surface area contributed by atoms with E-state index >= 15 is 0 Å². The lowest BCUT2D eigenvalue weighted by Crippen LogP contribution is -2.01. The van der Waals surface area contributed by atoms with Gasteiger partial charge in [0.1, 0.15) is 5.75 Å². The summed E-state index contributed by atoms with van der Waals surface area (Å²) in [6.07, 6.45) is 0. The van der Waals surface area contributed by atoms with Crippen LogP contribution in [0.25, 0.3) is 0 Å². The second-order valence-corrected chi connectivity index (χ2v) is 4.96. The number of phenols is 1. The molecule has 1 aromatic carbocycles. The predicted molar refractivity (Wildman–Crippen MR) is 65.8 cm³/mol. The predicted octanol–water partition coefficient (Wildman–Crippen LogP) is 4.26. The molecule has 1 rings (SSSR count). The van der Waals surface area contributed by atoms with E-state index in [0.29, 0.717) is 17.6 Å². The van der Waals surface area contributed by atoms with Gasteiger partial charge >= 0.3 is 0 Å². The summed E-state index contributed by atoms with van der Waals surface area (Å²) in [5.41, 5.74) is 4.92. The zero-order valence-corrected chi connectivity index (χ0v) is 10.7. The molecule has 15 heavy (non-hydrogen) atoms. The van der Waals surface area contributed by atoms with Crippen LogP contribution < -0.4 is 0 Å². The van der Waals surface area contributed by atoms with Crippen LogP contribution in [0.1, 0.15) is 61.8 Å². The maximum Gasteiger partial charge on any atom is 0.119 e. The van der Waals surface area contributed by atoms with E-state index in [0.717, 1.165) is 5.56 Å². The van der Waals surface area contributed by atoms with Crippen molar-refractivity contribution in [1.29, 1.82) is 0 Å². The average molecular weight is 206 g/mol.